The zero-order valence-electron chi connectivity index (χ0n) is 7.09. The number of anilines is 1. The van der Waals surface area contributed by atoms with Crippen LogP contribution < -0.4 is 11.3 Å². The number of nitrogens with two attached hydrogens (primary N) is 1. The Bertz CT molecular complexity index is 308. The van der Waals surface area contributed by atoms with Gasteiger partial charge in [0.05, 0.1) is 0 Å². The Labute approximate surface area is 71.2 Å². The fourth-order valence-corrected chi connectivity index (χ4v) is 1.68. The van der Waals surface area contributed by atoms with E-state index in [1.165, 1.54) is 12.0 Å². The molecule has 0 fully saturated rings. The molecule has 0 radical (unpaired) electrons. The molecule has 1 aromatic rings. The van der Waals surface area contributed by atoms with E-state index in [1.54, 1.807) is 0 Å². The van der Waals surface area contributed by atoms with E-state index < -0.39 is 0 Å². The number of hydrazine groups is 1. The van der Waals surface area contributed by atoms with Crippen LogP contribution in [0, 0.1) is 6.92 Å². The van der Waals surface area contributed by atoms with Gasteiger partial charge in [0, 0.05) is 11.4 Å². The first-order valence-electron chi connectivity index (χ1n) is 4.14. The van der Waals surface area contributed by atoms with Gasteiger partial charge in [-0.3, -0.25) is 5.43 Å². The number of rotatable bonds is 1. The summed E-state index contributed by atoms with van der Waals surface area (Å²) in [7, 11) is 0. The summed E-state index contributed by atoms with van der Waals surface area (Å²) in [5.74, 6) is 5.77. The van der Waals surface area contributed by atoms with E-state index >= 15 is 0 Å². The molecule has 2 rings (SSSR count). The third-order valence-corrected chi connectivity index (χ3v) is 2.27. The third-order valence-electron chi connectivity index (χ3n) is 2.27. The zero-order chi connectivity index (χ0) is 8.55. The average molecular weight is 164 g/mol. The molecule has 1 aliphatic carbocycles. The zero-order valence-corrected chi connectivity index (χ0v) is 7.09. The van der Waals surface area contributed by atoms with Gasteiger partial charge >= 0.3 is 0 Å². The quantitative estimate of drug-likeness (QED) is 0.470. The first-order chi connectivity index (χ1) is 5.81. The second-order valence-corrected chi connectivity index (χ2v) is 3.06. The number of aryl methyl sites for hydroxylation is 2. The van der Waals surface area contributed by atoms with Gasteiger partial charge in [-0.15, -0.1) is 0 Å². The number of fused-ring (bicyclic) bond motifs is 1. The van der Waals surface area contributed by atoms with Gasteiger partial charge in [0.15, 0.2) is 0 Å². The summed E-state index contributed by atoms with van der Waals surface area (Å²) in [6.07, 6.45) is 3.37. The predicted molar refractivity (Wildman–Crippen MR) is 46.6 cm³/mol. The van der Waals surface area contributed by atoms with Crippen molar-refractivity contribution >= 4 is 5.95 Å². The molecule has 0 unspecified atom stereocenters. The Morgan fingerprint density at radius 3 is 2.92 bits per heavy atom. The minimum Gasteiger partial charge on any atom is -0.292 e. The van der Waals surface area contributed by atoms with Gasteiger partial charge in [-0.25, -0.2) is 15.8 Å². The van der Waals surface area contributed by atoms with E-state index in [9.17, 15) is 0 Å². The lowest BCUT2D eigenvalue weighted by atomic mass is 10.2. The van der Waals surface area contributed by atoms with Crippen molar-refractivity contribution in [2.45, 2.75) is 26.2 Å². The van der Waals surface area contributed by atoms with Gasteiger partial charge < -0.3 is 0 Å². The predicted octanol–water partition coefficient (Wildman–Crippen LogP) is 0.559. The van der Waals surface area contributed by atoms with E-state index in [4.69, 9.17) is 5.84 Å². The van der Waals surface area contributed by atoms with Gasteiger partial charge in [-0.2, -0.15) is 0 Å². The van der Waals surface area contributed by atoms with Gasteiger partial charge in [0.25, 0.3) is 0 Å². The standard InChI is InChI=1S/C8H12N4/c1-5-6-3-2-4-7(6)11-8(10-5)12-9/h2-4,9H2,1H3,(H,10,11,12). The summed E-state index contributed by atoms with van der Waals surface area (Å²) in [6.45, 7) is 2.01. The second kappa shape index (κ2) is 2.71. The summed E-state index contributed by atoms with van der Waals surface area (Å²) >= 11 is 0. The molecule has 1 heterocycles. The van der Waals surface area contributed by atoms with Crippen molar-refractivity contribution in [1.82, 2.24) is 9.97 Å². The summed E-state index contributed by atoms with van der Waals surface area (Å²) in [6, 6.07) is 0. The first kappa shape index (κ1) is 7.49. The molecular formula is C8H12N4. The first-order valence-corrected chi connectivity index (χ1v) is 4.14. The van der Waals surface area contributed by atoms with E-state index in [2.05, 4.69) is 15.4 Å². The molecule has 0 amide bonds. The van der Waals surface area contributed by atoms with E-state index in [0.29, 0.717) is 5.95 Å². The van der Waals surface area contributed by atoms with Crippen molar-refractivity contribution in [3.8, 4) is 0 Å². The Kier molecular flexibility index (Phi) is 1.69. The van der Waals surface area contributed by atoms with Crippen molar-refractivity contribution in [1.29, 1.82) is 0 Å². The number of hydrogen-bond acceptors (Lipinski definition) is 4. The average Bonchev–Trinajstić information content (AvgIpc) is 2.52. The fraction of sp³-hybridized carbons (Fsp3) is 0.500. The highest BCUT2D eigenvalue weighted by atomic mass is 15.3. The van der Waals surface area contributed by atoms with Crippen LogP contribution in [0.4, 0.5) is 5.95 Å². The maximum Gasteiger partial charge on any atom is 0.237 e. The largest absolute Gasteiger partial charge is 0.292 e. The Hall–Kier alpha value is -1.16. The fourth-order valence-electron chi connectivity index (χ4n) is 1.68. The maximum atomic E-state index is 5.24. The van der Waals surface area contributed by atoms with Gasteiger partial charge in [0.1, 0.15) is 0 Å². The molecule has 0 aliphatic heterocycles. The van der Waals surface area contributed by atoms with Gasteiger partial charge in [-0.05, 0) is 31.7 Å². The lowest BCUT2D eigenvalue weighted by Crippen LogP contribution is -2.12. The molecule has 0 atom stereocenters. The van der Waals surface area contributed by atoms with Crippen LogP contribution in [-0.2, 0) is 12.8 Å². The highest BCUT2D eigenvalue weighted by Crippen LogP contribution is 2.22. The lowest BCUT2D eigenvalue weighted by Gasteiger charge is -2.04. The minimum absolute atomic E-state index is 0.535. The van der Waals surface area contributed by atoms with Crippen LogP contribution in [0.25, 0.3) is 0 Å². The van der Waals surface area contributed by atoms with Crippen molar-refractivity contribution in [2.75, 3.05) is 5.43 Å². The molecule has 4 nitrogen and oxygen atoms in total. The van der Waals surface area contributed by atoms with Crippen LogP contribution in [0.3, 0.4) is 0 Å². The smallest absolute Gasteiger partial charge is 0.237 e. The number of nitrogen functional groups attached to an aromatic ring is 1. The van der Waals surface area contributed by atoms with E-state index in [-0.39, 0.29) is 0 Å². The number of nitrogens with one attached hydrogen (secondary N) is 1. The molecule has 1 aliphatic rings. The topological polar surface area (TPSA) is 63.8 Å². The molecule has 3 N–H and O–H groups in total. The summed E-state index contributed by atoms with van der Waals surface area (Å²) in [5.41, 5.74) is 6.01. The van der Waals surface area contributed by atoms with Crippen LogP contribution >= 0.6 is 0 Å². The molecule has 12 heavy (non-hydrogen) atoms. The SMILES string of the molecule is Cc1nc(NN)nc2c1CCC2. The van der Waals surface area contributed by atoms with Crippen molar-refractivity contribution < 1.29 is 0 Å². The van der Waals surface area contributed by atoms with Crippen molar-refractivity contribution in [2.24, 2.45) is 5.84 Å². The molecular weight excluding hydrogens is 152 g/mol. The molecule has 0 saturated heterocycles. The Balaban J connectivity index is 2.51. The Morgan fingerprint density at radius 2 is 2.17 bits per heavy atom. The molecule has 0 spiro atoms. The number of aromatic nitrogens is 2. The summed E-state index contributed by atoms with van der Waals surface area (Å²) in [5, 5.41) is 0. The molecule has 0 bridgehead atoms. The number of nitrogens with zero attached hydrogens (tertiary/aromatic N) is 2. The number of hydrogen-bond donors (Lipinski definition) is 2. The van der Waals surface area contributed by atoms with Crippen LogP contribution in [-0.4, -0.2) is 9.97 Å². The normalized spacial score (nSPS) is 14.5. The van der Waals surface area contributed by atoms with Crippen molar-refractivity contribution in [3.05, 3.63) is 17.0 Å². The van der Waals surface area contributed by atoms with Crippen LogP contribution in [0.1, 0.15) is 23.4 Å². The third kappa shape index (κ3) is 1.04. The van der Waals surface area contributed by atoms with Gasteiger partial charge in [0.2, 0.25) is 5.95 Å². The Morgan fingerprint density at radius 1 is 1.33 bits per heavy atom. The van der Waals surface area contributed by atoms with E-state index in [1.807, 2.05) is 6.92 Å². The lowest BCUT2D eigenvalue weighted by molar-refractivity contribution is 0.898. The highest BCUT2D eigenvalue weighted by molar-refractivity contribution is 5.35. The van der Waals surface area contributed by atoms with Crippen LogP contribution in [0.2, 0.25) is 0 Å². The molecule has 64 valence electrons. The molecule has 0 aromatic carbocycles. The second-order valence-electron chi connectivity index (χ2n) is 3.06. The summed E-state index contributed by atoms with van der Waals surface area (Å²) < 4.78 is 0. The van der Waals surface area contributed by atoms with E-state index in [0.717, 1.165) is 24.2 Å². The van der Waals surface area contributed by atoms with Crippen LogP contribution in [0.15, 0.2) is 0 Å². The highest BCUT2D eigenvalue weighted by Gasteiger charge is 2.16. The molecule has 4 heteroatoms. The van der Waals surface area contributed by atoms with Gasteiger partial charge in [-0.1, -0.05) is 0 Å². The molecule has 0 saturated carbocycles. The summed E-state index contributed by atoms with van der Waals surface area (Å²) in [4.78, 5) is 8.50. The van der Waals surface area contributed by atoms with Crippen molar-refractivity contribution in [3.63, 3.8) is 0 Å². The monoisotopic (exact) mass is 164 g/mol. The minimum atomic E-state index is 0.535. The molecule has 1 aromatic heterocycles. The maximum absolute atomic E-state index is 5.24. The van der Waals surface area contributed by atoms with Crippen LogP contribution in [0.5, 0.6) is 0 Å².